The second-order valence-electron chi connectivity index (χ2n) is 6.11. The van der Waals surface area contributed by atoms with Crippen LogP contribution in [0.3, 0.4) is 0 Å². The number of carbonyl (C=O) groups is 2. The van der Waals surface area contributed by atoms with E-state index in [4.69, 9.17) is 4.74 Å². The molecule has 0 N–H and O–H groups in total. The summed E-state index contributed by atoms with van der Waals surface area (Å²) in [6, 6.07) is 17.9. The maximum atomic E-state index is 12.8. The third kappa shape index (κ3) is 6.03. The van der Waals surface area contributed by atoms with Crippen LogP contribution in [0.2, 0.25) is 0 Å². The maximum absolute atomic E-state index is 12.8. The number of aryl methyl sites for hydroxylation is 2. The van der Waals surface area contributed by atoms with Gasteiger partial charge in [-0.05, 0) is 43.0 Å². The third-order valence-corrected chi connectivity index (χ3v) is 4.27. The van der Waals surface area contributed by atoms with Crippen LogP contribution >= 0.6 is 0 Å². The van der Waals surface area contributed by atoms with Crippen LogP contribution < -0.4 is 4.90 Å². The smallest absolute Gasteiger partial charge is 0.307 e. The number of hydrogen-bond acceptors (Lipinski definition) is 3. The molecule has 2 aromatic carbocycles. The molecule has 0 saturated heterocycles. The summed E-state index contributed by atoms with van der Waals surface area (Å²) < 4.78 is 5.00. The Bertz CT molecular complexity index is 695. The highest BCUT2D eigenvalue weighted by molar-refractivity contribution is 5.94. The molecule has 2 aromatic rings. The van der Waals surface area contributed by atoms with E-state index < -0.39 is 0 Å². The molecule has 4 heteroatoms. The predicted octanol–water partition coefficient (Wildman–Crippen LogP) is 4.17. The van der Waals surface area contributed by atoms with E-state index in [1.165, 1.54) is 5.56 Å². The molecular weight excluding hydrogens is 326 g/mol. The number of rotatable bonds is 9. The average molecular weight is 353 g/mol. The van der Waals surface area contributed by atoms with Crippen LogP contribution in [0.4, 0.5) is 5.69 Å². The van der Waals surface area contributed by atoms with Gasteiger partial charge in [-0.25, -0.2) is 0 Å². The molecule has 1 amide bonds. The zero-order valence-corrected chi connectivity index (χ0v) is 15.6. The topological polar surface area (TPSA) is 46.6 Å². The molecule has 0 aliphatic carbocycles. The Hall–Kier alpha value is -2.62. The van der Waals surface area contributed by atoms with E-state index in [1.807, 2.05) is 54.6 Å². The predicted molar refractivity (Wildman–Crippen MR) is 104 cm³/mol. The van der Waals surface area contributed by atoms with E-state index in [2.05, 4.69) is 6.92 Å². The number of ether oxygens (including phenoxy) is 1. The van der Waals surface area contributed by atoms with Gasteiger partial charge in [0.05, 0.1) is 13.0 Å². The second kappa shape index (κ2) is 10.4. The average Bonchev–Trinajstić information content (AvgIpc) is 2.68. The zero-order chi connectivity index (χ0) is 18.8. The van der Waals surface area contributed by atoms with E-state index in [0.717, 1.165) is 17.7 Å². The summed E-state index contributed by atoms with van der Waals surface area (Å²) in [5, 5.41) is 0. The second-order valence-corrected chi connectivity index (χ2v) is 6.11. The minimum Gasteiger partial charge on any atom is -0.466 e. The Morgan fingerprint density at radius 1 is 0.885 bits per heavy atom. The Balaban J connectivity index is 2.07. The lowest BCUT2D eigenvalue weighted by Crippen LogP contribution is -2.33. The molecule has 0 spiro atoms. The summed E-state index contributed by atoms with van der Waals surface area (Å²) in [5.41, 5.74) is 3.17. The lowest BCUT2D eigenvalue weighted by Gasteiger charge is -2.23. The minimum atomic E-state index is -0.279. The first-order valence-electron chi connectivity index (χ1n) is 9.22. The molecule has 0 saturated carbocycles. The van der Waals surface area contributed by atoms with Crippen molar-refractivity contribution in [1.29, 1.82) is 0 Å². The summed E-state index contributed by atoms with van der Waals surface area (Å²) in [7, 11) is 0. The van der Waals surface area contributed by atoms with Crippen LogP contribution in [0.25, 0.3) is 0 Å². The SMILES string of the molecule is CCOC(=O)CCN(C(=O)CCc1ccccc1)c1ccc(CC)cc1. The fourth-order valence-electron chi connectivity index (χ4n) is 2.78. The molecule has 0 aliphatic heterocycles. The zero-order valence-electron chi connectivity index (χ0n) is 15.6. The van der Waals surface area contributed by atoms with Crippen LogP contribution in [-0.2, 0) is 27.2 Å². The quantitative estimate of drug-likeness (QED) is 0.636. The van der Waals surface area contributed by atoms with Gasteiger partial charge in [0.2, 0.25) is 5.91 Å². The van der Waals surface area contributed by atoms with Crippen molar-refractivity contribution in [2.24, 2.45) is 0 Å². The number of carbonyl (C=O) groups excluding carboxylic acids is 2. The van der Waals surface area contributed by atoms with Crippen molar-refractivity contribution in [1.82, 2.24) is 0 Å². The fourth-order valence-corrected chi connectivity index (χ4v) is 2.78. The molecule has 0 unspecified atom stereocenters. The molecule has 0 heterocycles. The van der Waals surface area contributed by atoms with Crippen LogP contribution in [0.15, 0.2) is 54.6 Å². The normalized spacial score (nSPS) is 10.4. The van der Waals surface area contributed by atoms with Gasteiger partial charge in [0.15, 0.2) is 0 Å². The van der Waals surface area contributed by atoms with E-state index in [-0.39, 0.29) is 18.3 Å². The highest BCUT2D eigenvalue weighted by Crippen LogP contribution is 2.18. The number of hydrogen-bond donors (Lipinski definition) is 0. The monoisotopic (exact) mass is 353 g/mol. The summed E-state index contributed by atoms with van der Waals surface area (Å²) in [5.74, 6) is -0.263. The Morgan fingerprint density at radius 3 is 2.19 bits per heavy atom. The molecule has 26 heavy (non-hydrogen) atoms. The van der Waals surface area contributed by atoms with Crippen LogP contribution in [0, 0.1) is 0 Å². The fraction of sp³-hybridized carbons (Fsp3) is 0.364. The van der Waals surface area contributed by atoms with E-state index in [1.54, 1.807) is 11.8 Å². The van der Waals surface area contributed by atoms with Crippen LogP contribution in [0.1, 0.15) is 37.8 Å². The van der Waals surface area contributed by atoms with Gasteiger partial charge < -0.3 is 9.64 Å². The summed E-state index contributed by atoms with van der Waals surface area (Å²) in [6.07, 6.45) is 2.23. The van der Waals surface area contributed by atoms with Crippen molar-refractivity contribution >= 4 is 17.6 Å². The van der Waals surface area contributed by atoms with Gasteiger partial charge in [-0.1, -0.05) is 49.4 Å². The number of amides is 1. The molecule has 0 aromatic heterocycles. The highest BCUT2D eigenvalue weighted by atomic mass is 16.5. The Kier molecular flexibility index (Phi) is 7.87. The summed E-state index contributed by atoms with van der Waals surface area (Å²) in [6.45, 7) is 4.56. The lowest BCUT2D eigenvalue weighted by molar-refractivity contribution is -0.142. The van der Waals surface area contributed by atoms with Gasteiger partial charge in [-0.15, -0.1) is 0 Å². The molecule has 4 nitrogen and oxygen atoms in total. The number of benzene rings is 2. The molecule has 0 radical (unpaired) electrons. The van der Waals surface area contributed by atoms with Crippen molar-refractivity contribution in [2.45, 2.75) is 39.5 Å². The summed E-state index contributed by atoms with van der Waals surface area (Å²) in [4.78, 5) is 26.2. The first-order valence-corrected chi connectivity index (χ1v) is 9.22. The highest BCUT2D eigenvalue weighted by Gasteiger charge is 2.17. The Labute approximate surface area is 155 Å². The molecule has 2 rings (SSSR count). The summed E-state index contributed by atoms with van der Waals surface area (Å²) >= 11 is 0. The van der Waals surface area contributed by atoms with E-state index >= 15 is 0 Å². The Morgan fingerprint density at radius 2 is 1.58 bits per heavy atom. The van der Waals surface area contributed by atoms with E-state index in [0.29, 0.717) is 26.0 Å². The molecular formula is C22H27NO3. The molecule has 0 bridgehead atoms. The third-order valence-electron chi connectivity index (χ3n) is 4.27. The molecule has 0 atom stereocenters. The van der Waals surface area contributed by atoms with Gasteiger partial charge >= 0.3 is 5.97 Å². The van der Waals surface area contributed by atoms with Crippen molar-refractivity contribution < 1.29 is 14.3 Å². The van der Waals surface area contributed by atoms with Gasteiger partial charge in [0.25, 0.3) is 0 Å². The van der Waals surface area contributed by atoms with Crippen molar-refractivity contribution in [2.75, 3.05) is 18.1 Å². The van der Waals surface area contributed by atoms with E-state index in [9.17, 15) is 9.59 Å². The number of esters is 1. The van der Waals surface area contributed by atoms with Gasteiger partial charge in [0.1, 0.15) is 0 Å². The van der Waals surface area contributed by atoms with Crippen molar-refractivity contribution in [3.8, 4) is 0 Å². The number of anilines is 1. The van der Waals surface area contributed by atoms with Gasteiger partial charge in [0, 0.05) is 18.7 Å². The van der Waals surface area contributed by atoms with Crippen molar-refractivity contribution in [3.05, 3.63) is 65.7 Å². The molecule has 0 fully saturated rings. The first-order chi connectivity index (χ1) is 12.6. The lowest BCUT2D eigenvalue weighted by atomic mass is 10.1. The van der Waals surface area contributed by atoms with Gasteiger partial charge in [-0.2, -0.15) is 0 Å². The van der Waals surface area contributed by atoms with Gasteiger partial charge in [-0.3, -0.25) is 9.59 Å². The first kappa shape index (κ1) is 19.7. The van der Waals surface area contributed by atoms with Crippen LogP contribution in [-0.4, -0.2) is 25.0 Å². The van der Waals surface area contributed by atoms with Crippen molar-refractivity contribution in [3.63, 3.8) is 0 Å². The minimum absolute atomic E-state index is 0.0161. The standard InChI is InChI=1S/C22H27NO3/c1-3-18-10-13-20(14-11-18)23(17-16-22(25)26-4-2)21(24)15-12-19-8-6-5-7-9-19/h5-11,13-14H,3-4,12,15-17H2,1-2H3. The van der Waals surface area contributed by atoms with Crippen LogP contribution in [0.5, 0.6) is 0 Å². The largest absolute Gasteiger partial charge is 0.466 e. The number of nitrogens with zero attached hydrogens (tertiary/aromatic N) is 1. The molecule has 138 valence electrons. The maximum Gasteiger partial charge on any atom is 0.307 e. The molecule has 0 aliphatic rings.